The topological polar surface area (TPSA) is 88.9 Å². The van der Waals surface area contributed by atoms with Gasteiger partial charge in [0.05, 0.1) is 15.6 Å². The molecular formula is C22H18ClN5O2S. The van der Waals surface area contributed by atoms with Crippen LogP contribution in [0.4, 0.5) is 11.4 Å². The number of carbonyl (C=O) groups is 2. The van der Waals surface area contributed by atoms with E-state index < -0.39 is 0 Å². The molecule has 0 aliphatic rings. The van der Waals surface area contributed by atoms with E-state index in [0.29, 0.717) is 26.8 Å². The number of nitrogens with zero attached hydrogens (tertiary/aromatic N) is 3. The molecule has 31 heavy (non-hydrogen) atoms. The van der Waals surface area contributed by atoms with Gasteiger partial charge in [0.1, 0.15) is 6.33 Å². The lowest BCUT2D eigenvalue weighted by Crippen LogP contribution is -2.14. The molecule has 0 aliphatic carbocycles. The van der Waals surface area contributed by atoms with E-state index in [2.05, 4.69) is 20.8 Å². The third-order valence-corrected chi connectivity index (χ3v) is 5.75. The second-order valence-electron chi connectivity index (χ2n) is 6.60. The van der Waals surface area contributed by atoms with E-state index in [1.54, 1.807) is 42.7 Å². The molecule has 0 aliphatic heterocycles. The average Bonchev–Trinajstić information content (AvgIpc) is 3.47. The highest BCUT2D eigenvalue weighted by Crippen LogP contribution is 2.26. The molecular weight excluding hydrogens is 434 g/mol. The molecule has 156 valence electrons. The number of hydrogen-bond acceptors (Lipinski definition) is 5. The maximum atomic E-state index is 12.8. The largest absolute Gasteiger partial charge is 0.322 e. The van der Waals surface area contributed by atoms with Crippen LogP contribution < -0.4 is 10.6 Å². The number of amides is 2. The van der Waals surface area contributed by atoms with Gasteiger partial charge in [-0.1, -0.05) is 29.8 Å². The molecule has 2 amide bonds. The normalized spacial score (nSPS) is 10.6. The Morgan fingerprint density at radius 1 is 1.06 bits per heavy atom. The van der Waals surface area contributed by atoms with Crippen LogP contribution >= 0.6 is 22.9 Å². The van der Waals surface area contributed by atoms with Crippen LogP contribution in [0.25, 0.3) is 11.4 Å². The van der Waals surface area contributed by atoms with E-state index in [9.17, 15) is 9.59 Å². The predicted molar refractivity (Wildman–Crippen MR) is 123 cm³/mol. The van der Waals surface area contributed by atoms with Crippen LogP contribution in [0.1, 0.15) is 27.0 Å². The van der Waals surface area contributed by atoms with E-state index in [0.717, 1.165) is 17.9 Å². The van der Waals surface area contributed by atoms with Crippen LogP contribution in [-0.4, -0.2) is 26.6 Å². The van der Waals surface area contributed by atoms with Crippen molar-refractivity contribution in [2.45, 2.75) is 13.5 Å². The van der Waals surface area contributed by atoms with Gasteiger partial charge in [0, 0.05) is 23.4 Å². The summed E-state index contributed by atoms with van der Waals surface area (Å²) in [5.41, 5.74) is 2.20. The van der Waals surface area contributed by atoms with E-state index in [1.807, 2.05) is 35.1 Å². The molecule has 2 aromatic heterocycles. The molecule has 0 radical (unpaired) electrons. The van der Waals surface area contributed by atoms with Crippen LogP contribution in [0.5, 0.6) is 0 Å². The molecule has 7 nitrogen and oxygen atoms in total. The number of nitrogens with one attached hydrogen (secondary N) is 2. The minimum atomic E-state index is -0.322. The number of thiophene rings is 1. The summed E-state index contributed by atoms with van der Waals surface area (Å²) in [5.74, 6) is 0.128. The molecule has 2 heterocycles. The summed E-state index contributed by atoms with van der Waals surface area (Å²) in [5, 5.41) is 15.9. The third-order valence-electron chi connectivity index (χ3n) is 4.56. The summed E-state index contributed by atoms with van der Waals surface area (Å²) < 4.78 is 1.92. The summed E-state index contributed by atoms with van der Waals surface area (Å²) in [6.07, 6.45) is 1.67. The van der Waals surface area contributed by atoms with E-state index in [1.165, 1.54) is 11.3 Å². The third kappa shape index (κ3) is 4.65. The fourth-order valence-electron chi connectivity index (χ4n) is 3.00. The van der Waals surface area contributed by atoms with Gasteiger partial charge in [0.15, 0.2) is 5.82 Å². The zero-order chi connectivity index (χ0) is 21.8. The number of carbonyl (C=O) groups excluding carboxylic acids is 2. The summed E-state index contributed by atoms with van der Waals surface area (Å²) in [6.45, 7) is 2.75. The SMILES string of the molecule is CCn1cnnc1-c1cccc(NC(=O)c2ccc(Cl)c(NC(=O)c3cccs3)c2)c1. The zero-order valence-corrected chi connectivity index (χ0v) is 18.1. The Labute approximate surface area is 187 Å². The quantitative estimate of drug-likeness (QED) is 0.422. The van der Waals surface area contributed by atoms with E-state index in [-0.39, 0.29) is 11.8 Å². The summed E-state index contributed by atoms with van der Waals surface area (Å²) in [6, 6.07) is 15.6. The smallest absolute Gasteiger partial charge is 0.265 e. The van der Waals surface area contributed by atoms with Gasteiger partial charge in [-0.25, -0.2) is 0 Å². The minimum Gasteiger partial charge on any atom is -0.322 e. The lowest BCUT2D eigenvalue weighted by atomic mass is 10.1. The lowest BCUT2D eigenvalue weighted by molar-refractivity contribution is 0.101. The van der Waals surface area contributed by atoms with Gasteiger partial charge in [0.2, 0.25) is 0 Å². The molecule has 0 saturated heterocycles. The van der Waals surface area contributed by atoms with Crippen molar-refractivity contribution in [3.63, 3.8) is 0 Å². The molecule has 0 unspecified atom stereocenters. The molecule has 2 aromatic carbocycles. The van der Waals surface area contributed by atoms with Gasteiger partial charge in [-0.05, 0) is 48.7 Å². The summed E-state index contributed by atoms with van der Waals surface area (Å²) in [7, 11) is 0. The highest BCUT2D eigenvalue weighted by Gasteiger charge is 2.14. The molecule has 4 aromatic rings. The van der Waals surface area contributed by atoms with E-state index in [4.69, 9.17) is 11.6 Å². The number of hydrogen-bond donors (Lipinski definition) is 2. The maximum absolute atomic E-state index is 12.8. The lowest BCUT2D eigenvalue weighted by Gasteiger charge is -2.11. The predicted octanol–water partition coefficient (Wildman–Crippen LogP) is 5.18. The first-order valence-corrected chi connectivity index (χ1v) is 10.7. The number of rotatable bonds is 6. The summed E-state index contributed by atoms with van der Waals surface area (Å²) in [4.78, 5) is 25.7. The number of benzene rings is 2. The van der Waals surface area contributed by atoms with Crippen LogP contribution in [0.3, 0.4) is 0 Å². The van der Waals surface area contributed by atoms with Crippen molar-refractivity contribution in [1.29, 1.82) is 0 Å². The van der Waals surface area contributed by atoms with Gasteiger partial charge in [-0.3, -0.25) is 9.59 Å². The minimum absolute atomic E-state index is 0.276. The first-order chi connectivity index (χ1) is 15.0. The van der Waals surface area contributed by atoms with Gasteiger partial charge in [0.25, 0.3) is 11.8 Å². The molecule has 0 atom stereocenters. The fourth-order valence-corrected chi connectivity index (χ4v) is 3.79. The second-order valence-corrected chi connectivity index (χ2v) is 7.96. The Balaban J connectivity index is 1.53. The molecule has 2 N–H and O–H groups in total. The zero-order valence-electron chi connectivity index (χ0n) is 16.5. The molecule has 9 heteroatoms. The molecule has 0 saturated carbocycles. The van der Waals surface area contributed by atoms with Crippen molar-refractivity contribution in [1.82, 2.24) is 14.8 Å². The van der Waals surface area contributed by atoms with Crippen LogP contribution in [0, 0.1) is 0 Å². The Hall–Kier alpha value is -3.49. The van der Waals surface area contributed by atoms with Crippen LogP contribution in [0.15, 0.2) is 66.3 Å². The first kappa shape index (κ1) is 20.8. The Bertz CT molecular complexity index is 1240. The van der Waals surface area contributed by atoms with E-state index >= 15 is 0 Å². The van der Waals surface area contributed by atoms with Crippen molar-refractivity contribution in [2.24, 2.45) is 0 Å². The monoisotopic (exact) mass is 451 g/mol. The molecule has 4 rings (SSSR count). The highest BCUT2D eigenvalue weighted by molar-refractivity contribution is 7.12. The standard InChI is InChI=1S/C22H18ClN5O2S/c1-2-28-13-24-27-20(28)14-5-3-6-16(11-14)25-21(29)15-8-9-17(23)18(12-15)26-22(30)19-7-4-10-31-19/h3-13H,2H2,1H3,(H,25,29)(H,26,30). The van der Waals surface area contributed by atoms with Gasteiger partial charge < -0.3 is 15.2 Å². The number of aromatic nitrogens is 3. The number of anilines is 2. The number of aryl methyl sites for hydroxylation is 1. The summed E-state index contributed by atoms with van der Waals surface area (Å²) >= 11 is 7.54. The molecule has 0 fully saturated rings. The van der Waals surface area contributed by atoms with Crippen molar-refractivity contribution < 1.29 is 9.59 Å². The van der Waals surface area contributed by atoms with Gasteiger partial charge >= 0.3 is 0 Å². The van der Waals surface area contributed by atoms with Crippen molar-refractivity contribution in [3.8, 4) is 11.4 Å². The Morgan fingerprint density at radius 3 is 2.71 bits per heavy atom. The first-order valence-electron chi connectivity index (χ1n) is 9.49. The molecule has 0 bridgehead atoms. The van der Waals surface area contributed by atoms with Crippen LogP contribution in [-0.2, 0) is 6.54 Å². The van der Waals surface area contributed by atoms with Gasteiger partial charge in [-0.2, -0.15) is 0 Å². The van der Waals surface area contributed by atoms with Crippen molar-refractivity contribution in [2.75, 3.05) is 10.6 Å². The average molecular weight is 452 g/mol. The second kappa shape index (κ2) is 9.11. The Kier molecular flexibility index (Phi) is 6.11. The Morgan fingerprint density at radius 2 is 1.94 bits per heavy atom. The highest BCUT2D eigenvalue weighted by atomic mass is 35.5. The maximum Gasteiger partial charge on any atom is 0.265 e. The number of halogens is 1. The van der Waals surface area contributed by atoms with Gasteiger partial charge in [-0.15, -0.1) is 21.5 Å². The molecule has 0 spiro atoms. The van der Waals surface area contributed by atoms with Crippen LogP contribution in [0.2, 0.25) is 5.02 Å². The van der Waals surface area contributed by atoms with Crippen molar-refractivity contribution in [3.05, 3.63) is 81.8 Å². The van der Waals surface area contributed by atoms with Crippen molar-refractivity contribution >= 4 is 46.1 Å². The fraction of sp³-hybridized carbons (Fsp3) is 0.0909.